The first-order chi connectivity index (χ1) is 16.1. The molecular weight excluding hydrogens is 420 g/mol. The maximum Gasteiger partial charge on any atom is 0.317 e. The molecule has 0 unspecified atom stereocenters. The molecule has 0 saturated carbocycles. The Balaban J connectivity index is 1.63. The summed E-state index contributed by atoms with van der Waals surface area (Å²) in [7, 11) is 1.42. The van der Waals surface area contributed by atoms with Gasteiger partial charge in [-0.25, -0.2) is 0 Å². The number of hydrogen-bond donors (Lipinski definition) is 0. The average Bonchev–Trinajstić information content (AvgIpc) is 3.42. The number of esters is 1. The quantitative estimate of drug-likeness (QED) is 0.334. The molecule has 0 aromatic heterocycles. The number of hydrogen-bond acceptors (Lipinski definition) is 6. The molecule has 3 aromatic carbocycles. The summed E-state index contributed by atoms with van der Waals surface area (Å²) in [5, 5.41) is 13.7. The van der Waals surface area contributed by atoms with E-state index in [0.717, 1.165) is 47.0 Å². The number of fused-ring (bicyclic) bond motifs is 7. The number of carbonyl (C=O) groups is 1. The smallest absolute Gasteiger partial charge is 0.317 e. The summed E-state index contributed by atoms with van der Waals surface area (Å²) in [5.41, 5.74) is 0.848. The second-order valence-electron chi connectivity index (χ2n) is 9.20. The lowest BCUT2D eigenvalue weighted by molar-refractivity contribution is -0.384. The van der Waals surface area contributed by atoms with Crippen LogP contribution in [0.5, 0.6) is 5.75 Å². The zero-order chi connectivity index (χ0) is 22.7. The van der Waals surface area contributed by atoms with Gasteiger partial charge in [-0.3, -0.25) is 19.8 Å². The lowest BCUT2D eigenvalue weighted by atomic mass is 9.65. The molecule has 6 rings (SSSR count). The molecule has 2 saturated heterocycles. The SMILES string of the molecule is COC(=O)[C@]12COc3ccc4ccccc4c3[C@H]1N1CCC[C@@H]1[C@H]2c1cccc([N+](=O)[O-])c1. The van der Waals surface area contributed by atoms with E-state index in [9.17, 15) is 14.9 Å². The van der Waals surface area contributed by atoms with Crippen LogP contribution in [-0.2, 0) is 9.53 Å². The van der Waals surface area contributed by atoms with Crippen molar-refractivity contribution in [2.45, 2.75) is 30.8 Å². The number of carbonyl (C=O) groups excluding carboxylic acids is 1. The van der Waals surface area contributed by atoms with Crippen LogP contribution in [0.1, 0.15) is 35.9 Å². The van der Waals surface area contributed by atoms with Gasteiger partial charge in [-0.1, -0.05) is 42.5 Å². The molecule has 0 amide bonds. The van der Waals surface area contributed by atoms with Crippen molar-refractivity contribution < 1.29 is 19.2 Å². The van der Waals surface area contributed by atoms with Crippen LogP contribution >= 0.6 is 0 Å². The van der Waals surface area contributed by atoms with Crippen LogP contribution in [0.3, 0.4) is 0 Å². The highest BCUT2D eigenvalue weighted by Gasteiger charge is 2.68. The summed E-state index contributed by atoms with van der Waals surface area (Å²) in [5.74, 6) is 0.199. The predicted octanol–water partition coefficient (Wildman–Crippen LogP) is 4.60. The van der Waals surface area contributed by atoms with Crippen LogP contribution in [0.4, 0.5) is 5.69 Å². The van der Waals surface area contributed by atoms with Crippen molar-refractivity contribution in [1.29, 1.82) is 0 Å². The molecule has 33 heavy (non-hydrogen) atoms. The molecule has 3 aromatic rings. The topological polar surface area (TPSA) is 81.9 Å². The number of rotatable bonds is 3. The van der Waals surface area contributed by atoms with Gasteiger partial charge in [-0.2, -0.15) is 0 Å². The summed E-state index contributed by atoms with van der Waals surface area (Å²) in [6, 6.07) is 18.8. The van der Waals surface area contributed by atoms with Crippen LogP contribution in [0, 0.1) is 15.5 Å². The summed E-state index contributed by atoms with van der Waals surface area (Å²) in [4.78, 5) is 27.3. The van der Waals surface area contributed by atoms with E-state index in [1.54, 1.807) is 12.1 Å². The Morgan fingerprint density at radius 2 is 2.03 bits per heavy atom. The van der Waals surface area contributed by atoms with E-state index in [1.165, 1.54) is 13.2 Å². The number of benzene rings is 3. The molecule has 0 bridgehead atoms. The van der Waals surface area contributed by atoms with E-state index < -0.39 is 5.41 Å². The molecule has 0 radical (unpaired) electrons. The highest BCUT2D eigenvalue weighted by molar-refractivity contribution is 5.91. The number of nitro groups is 1. The third-order valence-electron chi connectivity index (χ3n) is 7.78. The minimum absolute atomic E-state index is 0.0306. The minimum atomic E-state index is -0.994. The van der Waals surface area contributed by atoms with Crippen molar-refractivity contribution in [3.8, 4) is 5.75 Å². The largest absolute Gasteiger partial charge is 0.492 e. The van der Waals surface area contributed by atoms with E-state index in [4.69, 9.17) is 9.47 Å². The molecule has 3 aliphatic heterocycles. The molecule has 7 nitrogen and oxygen atoms in total. The van der Waals surface area contributed by atoms with Gasteiger partial charge in [0.15, 0.2) is 0 Å². The van der Waals surface area contributed by atoms with Gasteiger partial charge in [0.1, 0.15) is 17.8 Å². The van der Waals surface area contributed by atoms with Crippen LogP contribution in [0.25, 0.3) is 10.8 Å². The van der Waals surface area contributed by atoms with E-state index in [1.807, 2.05) is 30.3 Å². The molecule has 7 heteroatoms. The second-order valence-corrected chi connectivity index (χ2v) is 9.20. The van der Waals surface area contributed by atoms with Gasteiger partial charge in [0.2, 0.25) is 0 Å². The van der Waals surface area contributed by atoms with E-state index in [0.29, 0.717) is 0 Å². The summed E-state index contributed by atoms with van der Waals surface area (Å²) >= 11 is 0. The lowest BCUT2D eigenvalue weighted by Gasteiger charge is -2.43. The van der Waals surface area contributed by atoms with Crippen molar-refractivity contribution in [2.75, 3.05) is 20.3 Å². The standard InChI is InChI=1S/C26H24N2O5/c1-32-25(29)26-15-33-21-12-11-16-6-2-3-9-19(16)22(21)24(26)27-13-5-10-20(27)23(26)17-7-4-8-18(14-17)28(30)31/h2-4,6-9,11-12,14,20,23-24H,5,10,13,15H2,1H3/t20-,23-,24-,26+/m1/s1. The number of non-ortho nitro benzene ring substituents is 1. The zero-order valence-corrected chi connectivity index (χ0v) is 18.3. The zero-order valence-electron chi connectivity index (χ0n) is 18.3. The lowest BCUT2D eigenvalue weighted by Crippen LogP contribution is -2.49. The first-order valence-corrected chi connectivity index (χ1v) is 11.3. The number of nitro benzene ring substituents is 1. The Hall–Kier alpha value is -3.45. The van der Waals surface area contributed by atoms with Gasteiger partial charge in [0.25, 0.3) is 5.69 Å². The fourth-order valence-electron chi connectivity index (χ4n) is 6.61. The number of ether oxygens (including phenoxy) is 2. The molecule has 4 atom stereocenters. The molecular formula is C26H24N2O5. The Labute approximate surface area is 191 Å². The molecule has 0 N–H and O–H groups in total. The van der Waals surface area contributed by atoms with Crippen LogP contribution in [0.15, 0.2) is 60.7 Å². The van der Waals surface area contributed by atoms with Crippen molar-refractivity contribution in [3.05, 3.63) is 81.9 Å². The summed E-state index contributed by atoms with van der Waals surface area (Å²) in [6.07, 6.45) is 1.94. The van der Waals surface area contributed by atoms with E-state index >= 15 is 0 Å². The predicted molar refractivity (Wildman–Crippen MR) is 122 cm³/mol. The molecule has 168 valence electrons. The minimum Gasteiger partial charge on any atom is -0.492 e. The third kappa shape index (κ3) is 2.69. The fraction of sp³-hybridized carbons (Fsp3) is 0.346. The van der Waals surface area contributed by atoms with Crippen LogP contribution < -0.4 is 4.74 Å². The summed E-state index contributed by atoms with van der Waals surface area (Å²) < 4.78 is 11.7. The maximum atomic E-state index is 13.7. The van der Waals surface area contributed by atoms with Crippen LogP contribution in [-0.4, -0.2) is 42.1 Å². The Morgan fingerprint density at radius 3 is 2.85 bits per heavy atom. The number of nitrogens with zero attached hydrogens (tertiary/aromatic N) is 2. The Bertz CT molecular complexity index is 1290. The van der Waals surface area contributed by atoms with Crippen molar-refractivity contribution >= 4 is 22.4 Å². The average molecular weight is 444 g/mol. The Morgan fingerprint density at radius 1 is 1.18 bits per heavy atom. The molecule has 0 spiro atoms. The van der Waals surface area contributed by atoms with Gasteiger partial charge in [0.05, 0.1) is 18.1 Å². The van der Waals surface area contributed by atoms with Gasteiger partial charge >= 0.3 is 5.97 Å². The highest BCUT2D eigenvalue weighted by atomic mass is 16.6. The first kappa shape index (κ1) is 20.2. The van der Waals surface area contributed by atoms with Gasteiger partial charge in [-0.05, 0) is 41.8 Å². The molecule has 3 aliphatic rings. The second kappa shape index (κ2) is 7.28. The monoisotopic (exact) mass is 444 g/mol. The highest BCUT2D eigenvalue weighted by Crippen LogP contribution is 2.65. The van der Waals surface area contributed by atoms with Crippen molar-refractivity contribution in [2.24, 2.45) is 5.41 Å². The first-order valence-electron chi connectivity index (χ1n) is 11.3. The van der Waals surface area contributed by atoms with E-state index in [-0.39, 0.29) is 41.2 Å². The normalized spacial score (nSPS) is 28.0. The van der Waals surface area contributed by atoms with E-state index in [2.05, 4.69) is 17.0 Å². The molecule has 2 fully saturated rings. The third-order valence-corrected chi connectivity index (χ3v) is 7.78. The van der Waals surface area contributed by atoms with Gasteiger partial charge in [-0.15, -0.1) is 0 Å². The molecule has 3 heterocycles. The summed E-state index contributed by atoms with van der Waals surface area (Å²) in [6.45, 7) is 1.04. The van der Waals surface area contributed by atoms with Crippen LogP contribution in [0.2, 0.25) is 0 Å². The van der Waals surface area contributed by atoms with Gasteiger partial charge in [0, 0.05) is 29.7 Å². The van der Waals surface area contributed by atoms with Gasteiger partial charge < -0.3 is 9.47 Å². The number of methoxy groups -OCH3 is 1. The van der Waals surface area contributed by atoms with Crippen molar-refractivity contribution in [3.63, 3.8) is 0 Å². The fourth-order valence-corrected chi connectivity index (χ4v) is 6.61. The Kier molecular flexibility index (Phi) is 4.45. The van der Waals surface area contributed by atoms with Crippen molar-refractivity contribution in [1.82, 2.24) is 4.90 Å². The maximum absolute atomic E-state index is 13.7. The molecule has 0 aliphatic carbocycles.